The molecular formula is C47H77O13P. The lowest BCUT2D eigenvalue weighted by atomic mass is 9.85. The van der Waals surface area contributed by atoms with E-state index in [2.05, 4.69) is 80.7 Å². The monoisotopic (exact) mass is 881 g/mol. The van der Waals surface area contributed by atoms with Crippen molar-refractivity contribution in [3.05, 3.63) is 85.1 Å². The van der Waals surface area contributed by atoms with E-state index in [0.717, 1.165) is 51.4 Å². The van der Waals surface area contributed by atoms with Gasteiger partial charge in [0.15, 0.2) is 6.10 Å². The Hall–Kier alpha value is -2.97. The van der Waals surface area contributed by atoms with E-state index in [4.69, 9.17) is 18.5 Å². The first-order chi connectivity index (χ1) is 29.4. The molecule has 0 radical (unpaired) electrons. The number of rotatable bonds is 35. The van der Waals surface area contributed by atoms with Crippen LogP contribution in [-0.4, -0.2) is 98.3 Å². The Morgan fingerprint density at radius 1 is 0.508 bits per heavy atom. The van der Waals surface area contributed by atoms with Crippen LogP contribution in [0.15, 0.2) is 85.1 Å². The molecule has 0 heterocycles. The number of unbranched alkanes of at least 4 members (excludes halogenated alkanes) is 9. The highest BCUT2D eigenvalue weighted by atomic mass is 31.2. The molecule has 8 atom stereocenters. The van der Waals surface area contributed by atoms with Crippen LogP contribution in [0.5, 0.6) is 0 Å². The molecule has 0 aromatic rings. The number of hydrogen-bond donors (Lipinski definition) is 6. The Morgan fingerprint density at radius 3 is 1.33 bits per heavy atom. The minimum Gasteiger partial charge on any atom is -0.462 e. The van der Waals surface area contributed by atoms with Crippen molar-refractivity contribution in [2.45, 2.75) is 185 Å². The average Bonchev–Trinajstić information content (AvgIpc) is 3.24. The number of hydrogen-bond acceptors (Lipinski definition) is 12. The number of phosphoric acid groups is 1. The molecule has 13 nitrogen and oxygen atoms in total. The van der Waals surface area contributed by atoms with Crippen LogP contribution < -0.4 is 0 Å². The summed E-state index contributed by atoms with van der Waals surface area (Å²) in [5, 5.41) is 50.1. The maximum absolute atomic E-state index is 12.8. The molecule has 6 N–H and O–H groups in total. The van der Waals surface area contributed by atoms with E-state index in [1.165, 1.54) is 38.5 Å². The van der Waals surface area contributed by atoms with E-state index >= 15 is 0 Å². The molecule has 1 rings (SSSR count). The molecule has 0 aromatic heterocycles. The molecule has 1 fully saturated rings. The smallest absolute Gasteiger partial charge is 0.462 e. The van der Waals surface area contributed by atoms with Crippen molar-refractivity contribution in [1.82, 2.24) is 0 Å². The molecule has 0 bridgehead atoms. The van der Waals surface area contributed by atoms with Crippen molar-refractivity contribution in [3.8, 4) is 0 Å². The fraction of sp³-hybridized carbons (Fsp3) is 0.660. The number of phosphoric ester groups is 1. The number of aliphatic hydroxyl groups is 5. The third-order valence-electron chi connectivity index (χ3n) is 9.71. The van der Waals surface area contributed by atoms with Gasteiger partial charge in [0.25, 0.3) is 0 Å². The normalized spacial score (nSPS) is 22.8. The number of allylic oxidation sites excluding steroid dienone is 14. The number of ether oxygens (including phenoxy) is 2. The Morgan fingerprint density at radius 2 is 0.885 bits per heavy atom. The molecule has 0 amide bonds. The first-order valence-corrected chi connectivity index (χ1v) is 23.9. The van der Waals surface area contributed by atoms with Gasteiger partial charge in [0.05, 0.1) is 6.61 Å². The van der Waals surface area contributed by atoms with E-state index in [1.54, 1.807) is 0 Å². The summed E-state index contributed by atoms with van der Waals surface area (Å²) in [6, 6.07) is 0. The fourth-order valence-electron chi connectivity index (χ4n) is 6.05. The second kappa shape index (κ2) is 36.5. The lowest BCUT2D eigenvalue weighted by Crippen LogP contribution is -2.64. The molecule has 0 spiro atoms. The molecule has 348 valence electrons. The van der Waals surface area contributed by atoms with E-state index in [1.807, 2.05) is 18.2 Å². The Bertz CT molecular complexity index is 1390. The van der Waals surface area contributed by atoms with Crippen molar-refractivity contribution >= 4 is 19.8 Å². The van der Waals surface area contributed by atoms with Gasteiger partial charge in [-0.2, -0.15) is 0 Å². The predicted octanol–water partition coefficient (Wildman–Crippen LogP) is 8.50. The van der Waals surface area contributed by atoms with E-state index in [0.29, 0.717) is 25.7 Å². The molecule has 0 saturated heterocycles. The number of esters is 2. The highest BCUT2D eigenvalue weighted by molar-refractivity contribution is 7.47. The van der Waals surface area contributed by atoms with Gasteiger partial charge in [0.2, 0.25) is 0 Å². The summed E-state index contributed by atoms with van der Waals surface area (Å²) in [6.07, 6.45) is 33.6. The molecule has 1 aliphatic carbocycles. The van der Waals surface area contributed by atoms with Crippen LogP contribution in [0.2, 0.25) is 0 Å². The number of carbonyl (C=O) groups is 2. The summed E-state index contributed by atoms with van der Waals surface area (Å²) in [6.45, 7) is 3.14. The second-order valence-corrected chi connectivity index (χ2v) is 16.6. The summed E-state index contributed by atoms with van der Waals surface area (Å²) >= 11 is 0. The summed E-state index contributed by atoms with van der Waals surface area (Å²) in [5.74, 6) is -1.22. The van der Waals surface area contributed by atoms with Crippen LogP contribution in [-0.2, 0) is 32.7 Å². The molecule has 0 aromatic carbocycles. The number of carbonyl (C=O) groups excluding carboxylic acids is 2. The molecule has 14 heteroatoms. The van der Waals surface area contributed by atoms with E-state index in [-0.39, 0.29) is 12.8 Å². The van der Waals surface area contributed by atoms with Crippen molar-refractivity contribution in [2.75, 3.05) is 13.2 Å². The first kappa shape index (κ1) is 56.0. The summed E-state index contributed by atoms with van der Waals surface area (Å²) in [7, 11) is -5.14. The lowest BCUT2D eigenvalue weighted by molar-refractivity contribution is -0.220. The molecule has 61 heavy (non-hydrogen) atoms. The predicted molar refractivity (Wildman–Crippen MR) is 239 cm³/mol. The molecule has 1 aliphatic rings. The summed E-state index contributed by atoms with van der Waals surface area (Å²) in [4.78, 5) is 35.6. The van der Waals surface area contributed by atoms with Crippen molar-refractivity contribution in [2.24, 2.45) is 0 Å². The third kappa shape index (κ3) is 29.1. The van der Waals surface area contributed by atoms with Gasteiger partial charge in [-0.15, -0.1) is 0 Å². The van der Waals surface area contributed by atoms with Gasteiger partial charge in [-0.3, -0.25) is 18.6 Å². The average molecular weight is 881 g/mol. The van der Waals surface area contributed by atoms with Crippen LogP contribution in [0.3, 0.4) is 0 Å². The van der Waals surface area contributed by atoms with Gasteiger partial charge in [-0.1, -0.05) is 125 Å². The maximum Gasteiger partial charge on any atom is 0.472 e. The summed E-state index contributed by atoms with van der Waals surface area (Å²) < 4.78 is 33.4. The van der Waals surface area contributed by atoms with Crippen LogP contribution in [0.25, 0.3) is 0 Å². The quantitative estimate of drug-likeness (QED) is 0.0153. The van der Waals surface area contributed by atoms with Gasteiger partial charge >= 0.3 is 19.8 Å². The Kier molecular flexibility index (Phi) is 33.5. The SMILES string of the molecule is CCCCC/C=C\C/C=C\C/C=C\C/C=C\CCCC(=O)OC[C@H](COP(=O)(O)OC1C(O)C(O)C(O)[C@@H](O)C1O)OC(=O)CCCC/C=C\C/C=C\C/C=C\CCCCC. The minimum atomic E-state index is -5.14. The Balaban J connectivity index is 2.56. The lowest BCUT2D eigenvalue weighted by Gasteiger charge is -2.41. The zero-order valence-corrected chi connectivity index (χ0v) is 37.6. The van der Waals surface area contributed by atoms with Crippen LogP contribution in [0.4, 0.5) is 0 Å². The topological polar surface area (TPSA) is 210 Å². The molecule has 0 aliphatic heterocycles. The second-order valence-electron chi connectivity index (χ2n) is 15.2. The minimum absolute atomic E-state index is 0.0315. The zero-order chi connectivity index (χ0) is 45.0. The number of aliphatic hydroxyl groups excluding tert-OH is 5. The molecule has 6 unspecified atom stereocenters. The fourth-order valence-corrected chi connectivity index (χ4v) is 7.02. The van der Waals surface area contributed by atoms with E-state index in [9.17, 15) is 44.6 Å². The van der Waals surface area contributed by atoms with Gasteiger partial charge in [-0.25, -0.2) is 4.57 Å². The maximum atomic E-state index is 12.8. The van der Waals surface area contributed by atoms with Gasteiger partial charge < -0.3 is 39.9 Å². The van der Waals surface area contributed by atoms with Crippen molar-refractivity contribution in [1.29, 1.82) is 0 Å². The van der Waals surface area contributed by atoms with Crippen LogP contribution in [0, 0.1) is 0 Å². The Labute approximate surface area is 365 Å². The summed E-state index contributed by atoms with van der Waals surface area (Å²) in [5.41, 5.74) is 0. The van der Waals surface area contributed by atoms with Crippen molar-refractivity contribution in [3.63, 3.8) is 0 Å². The van der Waals surface area contributed by atoms with E-state index < -0.39 is 75.7 Å². The first-order valence-electron chi connectivity index (χ1n) is 22.4. The standard InChI is InChI=1S/C47H77O13P/c1-3-5-7-9-11-13-15-17-19-20-22-23-25-27-29-31-33-35-40(48)57-37-39(38-58-61(55,56)60-47-45(53)43(51)42(50)44(52)46(47)54)59-41(49)36-34-32-30-28-26-24-21-18-16-14-12-10-8-6-4-2/h11-14,17-19,21-23,26-29,39,42-47,50-54H,3-10,15-16,20,24-25,30-38H2,1-2H3,(H,55,56)/b13-11-,14-12-,19-17-,21-18-,23-22-,28-26-,29-27-/t39-,42?,43-,44?,45?,46?,47?/m1/s1. The van der Waals surface area contributed by atoms with Gasteiger partial charge in [0.1, 0.15) is 43.2 Å². The van der Waals surface area contributed by atoms with Gasteiger partial charge in [0, 0.05) is 12.8 Å². The molecule has 1 saturated carbocycles. The largest absolute Gasteiger partial charge is 0.472 e. The highest BCUT2D eigenvalue weighted by Crippen LogP contribution is 2.47. The van der Waals surface area contributed by atoms with Gasteiger partial charge in [-0.05, 0) is 89.9 Å². The van der Waals surface area contributed by atoms with Crippen LogP contribution >= 0.6 is 7.82 Å². The van der Waals surface area contributed by atoms with Crippen LogP contribution in [0.1, 0.15) is 142 Å². The third-order valence-corrected chi connectivity index (χ3v) is 10.7. The zero-order valence-electron chi connectivity index (χ0n) is 36.7. The highest BCUT2D eigenvalue weighted by Gasteiger charge is 2.51. The molecular weight excluding hydrogens is 803 g/mol. The van der Waals surface area contributed by atoms with Crippen molar-refractivity contribution < 1.29 is 63.1 Å².